The standard InChI is InChI=1S/C19H26N2O7/c1-12-6-4-5-7-15(12)20-19(23)13(2)28-18(22)11-27-14-8-9-16(21(24)25)17(10-14)26-3/h8-10,12-13,15H,4-7,11H2,1-3H3,(H,20,23). The third-order valence-electron chi connectivity index (χ3n) is 4.82. The zero-order chi connectivity index (χ0) is 20.7. The fraction of sp³-hybridized carbons (Fsp3) is 0.579. The largest absolute Gasteiger partial charge is 0.490 e. The number of benzene rings is 1. The highest BCUT2D eigenvalue weighted by molar-refractivity contribution is 5.84. The molecule has 2 rings (SSSR count). The Morgan fingerprint density at radius 3 is 2.68 bits per heavy atom. The Hall–Kier alpha value is -2.84. The van der Waals surface area contributed by atoms with Crippen LogP contribution in [0, 0.1) is 16.0 Å². The Labute approximate surface area is 163 Å². The predicted octanol–water partition coefficient (Wildman–Crippen LogP) is 2.61. The van der Waals surface area contributed by atoms with Gasteiger partial charge in [-0.1, -0.05) is 19.8 Å². The summed E-state index contributed by atoms with van der Waals surface area (Å²) in [7, 11) is 1.30. The number of nitrogens with zero attached hydrogens (tertiary/aromatic N) is 1. The summed E-state index contributed by atoms with van der Waals surface area (Å²) >= 11 is 0. The molecule has 0 radical (unpaired) electrons. The number of nitro groups is 1. The summed E-state index contributed by atoms with van der Waals surface area (Å²) in [4.78, 5) is 34.5. The Kier molecular flexibility index (Phi) is 7.60. The molecule has 0 saturated heterocycles. The minimum Gasteiger partial charge on any atom is -0.490 e. The molecule has 1 fully saturated rings. The Morgan fingerprint density at radius 1 is 1.32 bits per heavy atom. The molecule has 0 aliphatic heterocycles. The van der Waals surface area contributed by atoms with E-state index < -0.39 is 23.6 Å². The number of rotatable bonds is 8. The van der Waals surface area contributed by atoms with Gasteiger partial charge in [-0.25, -0.2) is 4.79 Å². The van der Waals surface area contributed by atoms with Gasteiger partial charge in [-0.15, -0.1) is 0 Å². The molecule has 9 heteroatoms. The molecule has 0 aromatic heterocycles. The van der Waals surface area contributed by atoms with E-state index >= 15 is 0 Å². The highest BCUT2D eigenvalue weighted by Gasteiger charge is 2.26. The molecule has 9 nitrogen and oxygen atoms in total. The SMILES string of the molecule is COc1cc(OCC(=O)OC(C)C(=O)NC2CCCCC2C)ccc1[N+](=O)[O-]. The fourth-order valence-electron chi connectivity index (χ4n) is 3.16. The summed E-state index contributed by atoms with van der Waals surface area (Å²) in [5.74, 6) is -0.403. The lowest BCUT2D eigenvalue weighted by Gasteiger charge is -2.30. The van der Waals surface area contributed by atoms with E-state index in [1.807, 2.05) is 0 Å². The van der Waals surface area contributed by atoms with Gasteiger partial charge in [0.2, 0.25) is 5.75 Å². The Morgan fingerprint density at radius 2 is 2.04 bits per heavy atom. The number of carbonyl (C=O) groups is 2. The first kappa shape index (κ1) is 21.5. The average Bonchev–Trinajstić information content (AvgIpc) is 2.67. The summed E-state index contributed by atoms with van der Waals surface area (Å²) in [6.45, 7) is 3.18. The molecule has 0 spiro atoms. The number of nitrogens with one attached hydrogen (secondary N) is 1. The van der Waals surface area contributed by atoms with Gasteiger partial charge in [-0.2, -0.15) is 0 Å². The van der Waals surface area contributed by atoms with Gasteiger partial charge < -0.3 is 19.5 Å². The van der Waals surface area contributed by atoms with E-state index in [4.69, 9.17) is 14.2 Å². The van der Waals surface area contributed by atoms with Crippen molar-refractivity contribution in [3.05, 3.63) is 28.3 Å². The first-order valence-electron chi connectivity index (χ1n) is 9.27. The molecule has 1 N–H and O–H groups in total. The van der Waals surface area contributed by atoms with Crippen molar-refractivity contribution in [3.8, 4) is 11.5 Å². The second-order valence-corrected chi connectivity index (χ2v) is 6.89. The highest BCUT2D eigenvalue weighted by atomic mass is 16.6. The normalized spacial score (nSPS) is 20.0. The van der Waals surface area contributed by atoms with Crippen LogP contribution in [0.25, 0.3) is 0 Å². The van der Waals surface area contributed by atoms with Crippen molar-refractivity contribution in [2.24, 2.45) is 5.92 Å². The molecular weight excluding hydrogens is 368 g/mol. The van der Waals surface area contributed by atoms with Crippen molar-refractivity contribution >= 4 is 17.6 Å². The minimum atomic E-state index is -0.934. The molecule has 1 aliphatic carbocycles. The first-order chi connectivity index (χ1) is 13.3. The monoisotopic (exact) mass is 394 g/mol. The molecule has 1 saturated carbocycles. The molecule has 1 amide bonds. The van der Waals surface area contributed by atoms with Gasteiger partial charge in [-0.3, -0.25) is 14.9 Å². The van der Waals surface area contributed by atoms with Crippen LogP contribution in [0.2, 0.25) is 0 Å². The van der Waals surface area contributed by atoms with Crippen molar-refractivity contribution in [1.29, 1.82) is 0 Å². The number of amides is 1. The lowest BCUT2D eigenvalue weighted by molar-refractivity contribution is -0.385. The van der Waals surface area contributed by atoms with Crippen LogP contribution in [-0.4, -0.2) is 42.7 Å². The summed E-state index contributed by atoms with van der Waals surface area (Å²) in [5.41, 5.74) is -0.209. The number of nitro benzene ring substituents is 1. The summed E-state index contributed by atoms with van der Waals surface area (Å²) < 4.78 is 15.3. The van der Waals surface area contributed by atoms with E-state index in [1.54, 1.807) is 0 Å². The topological polar surface area (TPSA) is 117 Å². The quantitative estimate of drug-likeness (QED) is 0.409. The molecule has 0 heterocycles. The van der Waals surface area contributed by atoms with Gasteiger partial charge in [-0.05, 0) is 31.7 Å². The Bertz CT molecular complexity index is 722. The van der Waals surface area contributed by atoms with Crippen LogP contribution in [0.5, 0.6) is 11.5 Å². The number of hydrogen-bond donors (Lipinski definition) is 1. The first-order valence-corrected chi connectivity index (χ1v) is 9.27. The van der Waals surface area contributed by atoms with Gasteiger partial charge in [0.05, 0.1) is 12.0 Å². The average molecular weight is 394 g/mol. The molecule has 0 bridgehead atoms. The maximum Gasteiger partial charge on any atom is 0.344 e. The molecule has 3 unspecified atom stereocenters. The lowest BCUT2D eigenvalue weighted by atomic mass is 9.86. The predicted molar refractivity (Wildman–Crippen MR) is 100 cm³/mol. The smallest absolute Gasteiger partial charge is 0.344 e. The highest BCUT2D eigenvalue weighted by Crippen LogP contribution is 2.30. The second kappa shape index (κ2) is 9.91. The summed E-state index contributed by atoms with van der Waals surface area (Å²) in [6, 6.07) is 3.99. The van der Waals surface area contributed by atoms with Crippen molar-refractivity contribution in [1.82, 2.24) is 5.32 Å². The zero-order valence-electron chi connectivity index (χ0n) is 16.3. The van der Waals surface area contributed by atoms with Gasteiger partial charge in [0, 0.05) is 18.2 Å². The van der Waals surface area contributed by atoms with Crippen LogP contribution < -0.4 is 14.8 Å². The zero-order valence-corrected chi connectivity index (χ0v) is 16.3. The summed E-state index contributed by atoms with van der Waals surface area (Å²) in [5, 5.41) is 13.8. The van der Waals surface area contributed by atoms with Crippen molar-refractivity contribution in [2.75, 3.05) is 13.7 Å². The van der Waals surface area contributed by atoms with Crippen molar-refractivity contribution in [2.45, 2.75) is 51.7 Å². The number of carbonyl (C=O) groups excluding carboxylic acids is 2. The van der Waals surface area contributed by atoms with Crippen LogP contribution in [0.1, 0.15) is 39.5 Å². The van der Waals surface area contributed by atoms with Crippen LogP contribution in [0.3, 0.4) is 0 Å². The third-order valence-corrected chi connectivity index (χ3v) is 4.82. The van der Waals surface area contributed by atoms with Crippen molar-refractivity contribution in [3.63, 3.8) is 0 Å². The third kappa shape index (κ3) is 5.83. The van der Waals surface area contributed by atoms with Crippen LogP contribution >= 0.6 is 0 Å². The van der Waals surface area contributed by atoms with Gasteiger partial charge in [0.1, 0.15) is 5.75 Å². The number of ether oxygens (including phenoxy) is 3. The van der Waals surface area contributed by atoms with E-state index in [9.17, 15) is 19.7 Å². The van der Waals surface area contributed by atoms with E-state index in [1.165, 1.54) is 38.7 Å². The van der Waals surface area contributed by atoms with Gasteiger partial charge in [0.15, 0.2) is 12.7 Å². The van der Waals surface area contributed by atoms with E-state index in [0.29, 0.717) is 5.92 Å². The number of hydrogen-bond acceptors (Lipinski definition) is 7. The second-order valence-electron chi connectivity index (χ2n) is 6.89. The Balaban J connectivity index is 1.83. The van der Waals surface area contributed by atoms with Crippen LogP contribution in [-0.2, 0) is 14.3 Å². The number of esters is 1. The molecular formula is C19H26N2O7. The molecule has 28 heavy (non-hydrogen) atoms. The molecule has 154 valence electrons. The van der Waals surface area contributed by atoms with Crippen LogP contribution in [0.4, 0.5) is 5.69 Å². The molecule has 1 aromatic carbocycles. The van der Waals surface area contributed by atoms with Crippen molar-refractivity contribution < 1.29 is 28.7 Å². The minimum absolute atomic E-state index is 0.0187. The van der Waals surface area contributed by atoms with Gasteiger partial charge in [0.25, 0.3) is 5.91 Å². The summed E-state index contributed by atoms with van der Waals surface area (Å²) in [6.07, 6.45) is 3.32. The number of methoxy groups -OCH3 is 1. The van der Waals surface area contributed by atoms with Crippen LogP contribution in [0.15, 0.2) is 18.2 Å². The maximum absolute atomic E-state index is 12.2. The molecule has 1 aromatic rings. The van der Waals surface area contributed by atoms with Gasteiger partial charge >= 0.3 is 11.7 Å². The van der Waals surface area contributed by atoms with E-state index in [2.05, 4.69) is 12.2 Å². The maximum atomic E-state index is 12.2. The molecule has 3 atom stereocenters. The fourth-order valence-corrected chi connectivity index (χ4v) is 3.16. The van der Waals surface area contributed by atoms with E-state index in [-0.39, 0.29) is 29.1 Å². The van der Waals surface area contributed by atoms with E-state index in [0.717, 1.165) is 19.3 Å². The molecule has 1 aliphatic rings. The lowest BCUT2D eigenvalue weighted by Crippen LogP contribution is -2.46.